The molecule has 4 rings (SSSR count). The molecule has 158 valence electrons. The van der Waals surface area contributed by atoms with E-state index in [1.807, 2.05) is 35.2 Å². The average Bonchev–Trinajstić information content (AvgIpc) is 3.18. The Hall–Kier alpha value is -3.17. The molecule has 7 nitrogen and oxygen atoms in total. The summed E-state index contributed by atoms with van der Waals surface area (Å²) in [5.41, 5.74) is 1.14. The Balaban J connectivity index is 1.33. The zero-order valence-corrected chi connectivity index (χ0v) is 16.0. The molecule has 0 saturated carbocycles. The van der Waals surface area contributed by atoms with Gasteiger partial charge in [-0.05, 0) is 30.5 Å². The summed E-state index contributed by atoms with van der Waals surface area (Å²) in [6.07, 6.45) is -2.87. The van der Waals surface area contributed by atoms with E-state index in [1.165, 1.54) is 6.07 Å². The number of carbonyl (C=O) groups excluding carboxylic acids is 1. The van der Waals surface area contributed by atoms with Crippen LogP contribution in [0, 0.1) is 5.92 Å². The first-order valence-corrected chi connectivity index (χ1v) is 9.67. The van der Waals surface area contributed by atoms with Crippen LogP contribution in [0.4, 0.5) is 19.0 Å². The number of esters is 1. The molecule has 0 aliphatic carbocycles. The first-order valence-electron chi connectivity index (χ1n) is 9.67. The highest BCUT2D eigenvalue weighted by atomic mass is 19.4. The Morgan fingerprint density at radius 2 is 1.80 bits per heavy atom. The molecular formula is C20H20F3N5O2. The molecule has 2 aromatic heterocycles. The lowest BCUT2D eigenvalue weighted by Crippen LogP contribution is -2.37. The van der Waals surface area contributed by atoms with Gasteiger partial charge in [0.15, 0.2) is 5.65 Å². The maximum absolute atomic E-state index is 13.0. The van der Waals surface area contributed by atoms with Gasteiger partial charge in [0.25, 0.3) is 5.82 Å². The Bertz CT molecular complexity index is 1010. The van der Waals surface area contributed by atoms with E-state index in [-0.39, 0.29) is 17.5 Å². The molecule has 0 N–H and O–H groups in total. The van der Waals surface area contributed by atoms with Crippen LogP contribution in [-0.4, -0.2) is 45.5 Å². The van der Waals surface area contributed by atoms with Crippen LogP contribution in [0.2, 0.25) is 0 Å². The summed E-state index contributed by atoms with van der Waals surface area (Å²) in [6.45, 7) is 1.33. The molecule has 3 heterocycles. The van der Waals surface area contributed by atoms with Crippen LogP contribution in [0.25, 0.3) is 5.65 Å². The van der Waals surface area contributed by atoms with Gasteiger partial charge in [0.2, 0.25) is 0 Å². The van der Waals surface area contributed by atoms with E-state index in [4.69, 9.17) is 4.74 Å². The van der Waals surface area contributed by atoms with Crippen molar-refractivity contribution in [3.05, 3.63) is 53.9 Å². The second kappa shape index (κ2) is 8.29. The number of aromatic nitrogens is 4. The molecule has 0 amide bonds. The third kappa shape index (κ3) is 4.37. The summed E-state index contributed by atoms with van der Waals surface area (Å²) in [6, 6.07) is 12.8. The maximum atomic E-state index is 13.0. The second-order valence-electron chi connectivity index (χ2n) is 7.15. The Morgan fingerprint density at radius 3 is 2.50 bits per heavy atom. The normalized spacial score (nSPS) is 15.5. The minimum atomic E-state index is -4.64. The molecule has 1 fully saturated rings. The average molecular weight is 419 g/mol. The van der Waals surface area contributed by atoms with E-state index < -0.39 is 12.0 Å². The van der Waals surface area contributed by atoms with Gasteiger partial charge in [-0.1, -0.05) is 30.3 Å². The number of piperidine rings is 1. The van der Waals surface area contributed by atoms with E-state index >= 15 is 0 Å². The van der Waals surface area contributed by atoms with Crippen molar-refractivity contribution in [3.8, 4) is 0 Å². The summed E-state index contributed by atoms with van der Waals surface area (Å²) >= 11 is 0. The number of alkyl halides is 3. The fourth-order valence-electron chi connectivity index (χ4n) is 3.50. The molecule has 0 spiro atoms. The molecule has 30 heavy (non-hydrogen) atoms. The van der Waals surface area contributed by atoms with E-state index in [9.17, 15) is 18.0 Å². The van der Waals surface area contributed by atoms with Crippen molar-refractivity contribution in [3.63, 3.8) is 0 Å². The minimum Gasteiger partial charge on any atom is -0.465 e. The molecule has 10 heteroatoms. The molecule has 0 bridgehead atoms. The number of hydrogen-bond donors (Lipinski definition) is 0. The smallest absolute Gasteiger partial charge is 0.453 e. The van der Waals surface area contributed by atoms with Crippen molar-refractivity contribution in [2.75, 3.05) is 24.6 Å². The highest BCUT2D eigenvalue weighted by Gasteiger charge is 2.38. The number of fused-ring (bicyclic) bond motifs is 1. The number of halogens is 3. The van der Waals surface area contributed by atoms with E-state index in [2.05, 4.69) is 15.3 Å². The van der Waals surface area contributed by atoms with Crippen LogP contribution in [0.1, 0.15) is 24.2 Å². The lowest BCUT2D eigenvalue weighted by molar-refractivity contribution is -0.149. The summed E-state index contributed by atoms with van der Waals surface area (Å²) in [5, 5.41) is 10.8. The Morgan fingerprint density at radius 1 is 1.07 bits per heavy atom. The molecule has 1 aliphatic heterocycles. The van der Waals surface area contributed by atoms with Crippen LogP contribution in [-0.2, 0) is 22.1 Å². The number of anilines is 1. The Labute approximate surface area is 170 Å². The van der Waals surface area contributed by atoms with Crippen molar-refractivity contribution < 1.29 is 22.7 Å². The third-order valence-corrected chi connectivity index (χ3v) is 5.13. The molecule has 0 radical (unpaired) electrons. The van der Waals surface area contributed by atoms with Crippen molar-refractivity contribution in [2.24, 2.45) is 5.92 Å². The Kier molecular flexibility index (Phi) is 5.56. The van der Waals surface area contributed by atoms with E-state index in [1.54, 1.807) is 6.07 Å². The van der Waals surface area contributed by atoms with Gasteiger partial charge in [-0.15, -0.1) is 15.3 Å². The summed E-state index contributed by atoms with van der Waals surface area (Å²) in [7, 11) is 0. The van der Waals surface area contributed by atoms with Gasteiger partial charge >= 0.3 is 12.1 Å². The number of hydrogen-bond acceptors (Lipinski definition) is 6. The van der Waals surface area contributed by atoms with Crippen molar-refractivity contribution in [2.45, 2.75) is 25.4 Å². The van der Waals surface area contributed by atoms with Gasteiger partial charge in [0.1, 0.15) is 5.82 Å². The molecule has 1 saturated heterocycles. The number of benzene rings is 1. The first-order chi connectivity index (χ1) is 14.4. The summed E-state index contributed by atoms with van der Waals surface area (Å²) in [4.78, 5) is 14.2. The molecule has 3 aromatic rings. The molecule has 0 atom stereocenters. The maximum Gasteiger partial charge on any atom is 0.453 e. The van der Waals surface area contributed by atoms with Crippen LogP contribution < -0.4 is 4.90 Å². The number of nitrogens with zero attached hydrogens (tertiary/aromatic N) is 5. The fourth-order valence-corrected chi connectivity index (χ4v) is 3.50. The first kappa shape index (κ1) is 20.1. The van der Waals surface area contributed by atoms with E-state index in [0.29, 0.717) is 49.3 Å². The predicted molar refractivity (Wildman–Crippen MR) is 102 cm³/mol. The van der Waals surface area contributed by atoms with Gasteiger partial charge in [0, 0.05) is 19.5 Å². The van der Waals surface area contributed by atoms with Crippen molar-refractivity contribution in [1.82, 2.24) is 19.8 Å². The lowest BCUT2D eigenvalue weighted by Gasteiger charge is -2.31. The van der Waals surface area contributed by atoms with E-state index in [0.717, 1.165) is 5.56 Å². The van der Waals surface area contributed by atoms with Crippen LogP contribution >= 0.6 is 0 Å². The third-order valence-electron chi connectivity index (χ3n) is 5.13. The zero-order valence-electron chi connectivity index (χ0n) is 16.0. The number of rotatable bonds is 5. The van der Waals surface area contributed by atoms with Crippen molar-refractivity contribution >= 4 is 17.4 Å². The zero-order chi connectivity index (χ0) is 21.1. The molecule has 1 aliphatic rings. The van der Waals surface area contributed by atoms with Crippen LogP contribution in [0.3, 0.4) is 0 Å². The highest BCUT2D eigenvalue weighted by molar-refractivity contribution is 5.72. The van der Waals surface area contributed by atoms with Gasteiger partial charge in [-0.25, -0.2) is 0 Å². The van der Waals surface area contributed by atoms with Gasteiger partial charge in [0.05, 0.1) is 12.5 Å². The molecule has 1 aromatic carbocycles. The second-order valence-corrected chi connectivity index (χ2v) is 7.15. The van der Waals surface area contributed by atoms with Gasteiger partial charge in [-0.3, -0.25) is 4.79 Å². The fraction of sp³-hybridized carbons (Fsp3) is 0.400. The SMILES string of the molecule is O=C(OCCc1ccccc1)C1CCN(c2ccc3nnc(C(F)(F)F)n3n2)CC1. The topological polar surface area (TPSA) is 72.6 Å². The van der Waals surface area contributed by atoms with Crippen molar-refractivity contribution in [1.29, 1.82) is 0 Å². The number of ether oxygens (including phenoxy) is 1. The van der Waals surface area contributed by atoms with Crippen LogP contribution in [0.5, 0.6) is 0 Å². The van der Waals surface area contributed by atoms with Gasteiger partial charge in [-0.2, -0.15) is 17.7 Å². The standard InChI is InChI=1S/C20H20F3N5O2/c21-20(22,23)19-25-24-16-6-7-17(26-28(16)19)27-11-8-15(9-12-27)18(29)30-13-10-14-4-2-1-3-5-14/h1-7,15H,8-13H2. The largest absolute Gasteiger partial charge is 0.465 e. The number of carbonyl (C=O) groups is 1. The summed E-state index contributed by atoms with van der Waals surface area (Å²) in [5.74, 6) is -1.21. The monoisotopic (exact) mass is 419 g/mol. The lowest BCUT2D eigenvalue weighted by atomic mass is 9.97. The van der Waals surface area contributed by atoms with Crippen LogP contribution in [0.15, 0.2) is 42.5 Å². The summed E-state index contributed by atoms with van der Waals surface area (Å²) < 4.78 is 45.3. The quantitative estimate of drug-likeness (QED) is 0.592. The highest BCUT2D eigenvalue weighted by Crippen LogP contribution is 2.28. The molecular weight excluding hydrogens is 399 g/mol. The van der Waals surface area contributed by atoms with Gasteiger partial charge < -0.3 is 9.64 Å². The predicted octanol–water partition coefficient (Wildman–Crippen LogP) is 3.15. The minimum absolute atomic E-state index is 0.0305. The molecule has 0 unspecified atom stereocenters.